The van der Waals surface area contributed by atoms with E-state index in [1.54, 1.807) is 0 Å². The van der Waals surface area contributed by atoms with Crippen LogP contribution in [0, 0.1) is 5.11 Å². The standard InChI is InChI=1S/C39H38B8N2/c1-3-27-48-25-16-6-7-17-26(25)49(27)22-13-8-12-21(18-22)28-30-31(36(44)39(47)38(46)35(30)43)29(34(42)32(28)37(45)33(41)19(2)40)24-15-9-11-20-10-4-5-14-23(20)24/h4-18,42H,3,40-41,43-47H2,1-2H3/b33-19-,37-32+. The van der Waals surface area contributed by atoms with Crippen LogP contribution in [0.1, 0.15) is 19.7 Å². The van der Waals surface area contributed by atoms with Crippen molar-refractivity contribution in [3.63, 3.8) is 0 Å². The maximum atomic E-state index is 5.02. The molecular weight excluding hydrogens is 583 g/mol. The molecule has 7 rings (SSSR count). The molecule has 0 atom stereocenters. The number of hydrogen-bond donors (Lipinski definition) is 0. The van der Waals surface area contributed by atoms with Gasteiger partial charge in [-0.1, -0.05) is 0 Å². The van der Waals surface area contributed by atoms with Gasteiger partial charge in [0.25, 0.3) is 0 Å². The molecule has 10 heteroatoms. The van der Waals surface area contributed by atoms with Crippen LogP contribution in [0.15, 0.2) is 102 Å². The molecule has 0 fully saturated rings. The molecule has 6 aromatic carbocycles. The summed E-state index contributed by atoms with van der Waals surface area (Å²) in [6.45, 7) is 4.40. The Morgan fingerprint density at radius 1 is 0.735 bits per heavy atom. The zero-order chi connectivity index (χ0) is 34.7. The summed E-state index contributed by atoms with van der Waals surface area (Å²) in [5, 5.41) is 7.41. The first kappa shape index (κ1) is 33.0. The first-order chi connectivity index (χ1) is 23.5. The van der Waals surface area contributed by atoms with Gasteiger partial charge in [-0.05, 0) is 0 Å². The number of rotatable bonds is 5. The van der Waals surface area contributed by atoms with E-state index < -0.39 is 0 Å². The van der Waals surface area contributed by atoms with Crippen molar-refractivity contribution >= 4 is 122 Å². The first-order valence-electron chi connectivity index (χ1n) is 17.5. The molecule has 0 aliphatic carbocycles. The zero-order valence-corrected chi connectivity index (χ0v) is 30.5. The summed E-state index contributed by atoms with van der Waals surface area (Å²) in [5.41, 5.74) is 17.4. The van der Waals surface area contributed by atoms with Crippen LogP contribution >= 0.6 is 0 Å². The number of imidazole rings is 1. The van der Waals surface area contributed by atoms with Gasteiger partial charge in [0, 0.05) is 0 Å². The predicted molar refractivity (Wildman–Crippen MR) is 236 cm³/mol. The fourth-order valence-corrected chi connectivity index (χ4v) is 7.90. The van der Waals surface area contributed by atoms with Gasteiger partial charge in [0.15, 0.2) is 0 Å². The van der Waals surface area contributed by atoms with Crippen molar-refractivity contribution in [2.75, 3.05) is 0 Å². The Balaban J connectivity index is 1.73. The molecule has 228 valence electrons. The van der Waals surface area contributed by atoms with Gasteiger partial charge in [-0.2, -0.15) is 0 Å². The number of nitrogens with zero attached hydrogens (tertiary/aromatic N) is 2. The van der Waals surface area contributed by atoms with E-state index in [1.165, 1.54) is 87.3 Å². The van der Waals surface area contributed by atoms with E-state index in [2.05, 4.69) is 164 Å². The molecule has 0 spiro atoms. The van der Waals surface area contributed by atoms with Crippen molar-refractivity contribution in [1.82, 2.24) is 9.55 Å². The summed E-state index contributed by atoms with van der Waals surface area (Å²) in [7, 11) is 21.0. The van der Waals surface area contributed by atoms with Gasteiger partial charge in [-0.25, -0.2) is 0 Å². The van der Waals surface area contributed by atoms with Gasteiger partial charge >= 0.3 is 298 Å². The summed E-state index contributed by atoms with van der Waals surface area (Å²) >= 11 is 0. The number of aromatic nitrogens is 2. The average Bonchev–Trinajstić information content (AvgIpc) is 3.50. The van der Waals surface area contributed by atoms with Gasteiger partial charge in [0.05, 0.1) is 0 Å². The maximum absolute atomic E-state index is 5.02. The van der Waals surface area contributed by atoms with E-state index >= 15 is 0 Å². The van der Waals surface area contributed by atoms with Crippen LogP contribution < -0.4 is 27.1 Å². The van der Waals surface area contributed by atoms with Gasteiger partial charge < -0.3 is 0 Å². The molecule has 0 saturated carbocycles. The molecule has 0 aliphatic rings. The Labute approximate surface area is 297 Å². The fraction of sp³-hybridized carbons (Fsp3) is 0.0769. The Hall–Kier alpha value is -4.56. The number of allylic oxidation sites excluding steroid dienone is 2. The second-order valence-corrected chi connectivity index (χ2v) is 13.9. The summed E-state index contributed by atoms with van der Waals surface area (Å²) in [4.78, 5) is 5.02. The monoisotopic (exact) mass is 622 g/mol. The predicted octanol–water partition coefficient (Wildman–Crippen LogP) is -1.35. The minimum atomic E-state index is 0.847. The Kier molecular flexibility index (Phi) is 8.55. The van der Waals surface area contributed by atoms with Crippen molar-refractivity contribution in [1.29, 1.82) is 0 Å². The van der Waals surface area contributed by atoms with Crippen LogP contribution in [0.3, 0.4) is 0 Å². The van der Waals surface area contributed by atoms with E-state index in [9.17, 15) is 0 Å². The minimum absolute atomic E-state index is 0.847. The van der Waals surface area contributed by atoms with Crippen LogP contribution in [0.25, 0.3) is 66.0 Å². The van der Waals surface area contributed by atoms with Crippen molar-refractivity contribution in [2.45, 2.75) is 20.3 Å². The fourth-order valence-electron chi connectivity index (χ4n) is 7.90. The van der Waals surface area contributed by atoms with E-state index in [-0.39, 0.29) is 0 Å². The third-order valence-electron chi connectivity index (χ3n) is 11.1. The molecule has 0 saturated heterocycles. The van der Waals surface area contributed by atoms with Crippen LogP contribution in [0.5, 0.6) is 0 Å². The van der Waals surface area contributed by atoms with Crippen LogP contribution in [0.4, 0.5) is 0 Å². The van der Waals surface area contributed by atoms with Crippen molar-refractivity contribution in [2.24, 2.45) is 0 Å². The van der Waals surface area contributed by atoms with Gasteiger partial charge in [-0.3, -0.25) is 0 Å². The third-order valence-corrected chi connectivity index (χ3v) is 11.1. The van der Waals surface area contributed by atoms with Gasteiger partial charge in [0.2, 0.25) is 0 Å². The van der Waals surface area contributed by atoms with Crippen LogP contribution in [-0.2, 0) is 6.42 Å². The number of aryl methyl sites for hydroxylation is 1. The van der Waals surface area contributed by atoms with E-state index in [0.717, 1.165) is 34.1 Å². The third kappa shape index (κ3) is 5.23. The molecule has 0 unspecified atom stereocenters. The van der Waals surface area contributed by atoms with E-state index in [1.807, 2.05) is 0 Å². The second kappa shape index (κ2) is 12.7. The molecule has 0 bridgehead atoms. The number of para-hydroxylation sites is 2. The van der Waals surface area contributed by atoms with E-state index in [4.69, 9.17) is 12.5 Å². The molecule has 0 aliphatic heterocycles. The zero-order valence-electron chi connectivity index (χ0n) is 30.5. The van der Waals surface area contributed by atoms with Crippen LogP contribution in [0.2, 0.25) is 0 Å². The molecule has 7 aromatic rings. The first-order valence-corrected chi connectivity index (χ1v) is 17.5. The summed E-state index contributed by atoms with van der Waals surface area (Å²) in [6, 6.07) is 33.0. The summed E-state index contributed by atoms with van der Waals surface area (Å²) in [5.74, 6) is 1.06. The van der Waals surface area contributed by atoms with E-state index in [0.29, 0.717) is 0 Å². The Morgan fingerprint density at radius 3 is 2.08 bits per heavy atom. The summed E-state index contributed by atoms with van der Waals surface area (Å²) in [6.07, 6.45) is 0.847. The average molecular weight is 621 g/mol. The second-order valence-electron chi connectivity index (χ2n) is 13.9. The van der Waals surface area contributed by atoms with Crippen molar-refractivity contribution < 1.29 is 0 Å². The Morgan fingerprint density at radius 2 is 1.37 bits per heavy atom. The number of fused-ring (bicyclic) bond motifs is 3. The molecule has 0 amide bonds. The normalized spacial score (nSPS) is 12.8. The summed E-state index contributed by atoms with van der Waals surface area (Å²) < 4.78 is 2.34. The molecule has 0 N–H and O–H groups in total. The quantitative estimate of drug-likeness (QED) is 0.218. The number of benzene rings is 6. The SMILES string of the molecule is B=c1c(-c2cccc3ccccc23)c2c(B)c(B)c(B)c(B)c2c(-c2cccc(-n3c(CC)nc4ccccc43)c2)/c1=C(B)/C(B)=C(/B)C. The van der Waals surface area contributed by atoms with Gasteiger partial charge in [-0.15, -0.1) is 0 Å². The molecule has 1 aromatic heterocycles. The molecular formula is C39H38B8N2. The topological polar surface area (TPSA) is 17.8 Å². The molecule has 49 heavy (non-hydrogen) atoms. The number of hydrogen-bond acceptors (Lipinski definition) is 1. The molecule has 0 radical (unpaired) electrons. The Bertz CT molecular complexity index is 2650. The van der Waals surface area contributed by atoms with Gasteiger partial charge in [0.1, 0.15) is 0 Å². The van der Waals surface area contributed by atoms with Crippen LogP contribution in [-0.4, -0.2) is 72.0 Å². The molecule has 1 heterocycles. The molecule has 2 nitrogen and oxygen atoms in total. The van der Waals surface area contributed by atoms with Crippen molar-refractivity contribution in [3.8, 4) is 27.9 Å². The van der Waals surface area contributed by atoms with Crippen molar-refractivity contribution in [3.05, 3.63) is 118 Å².